The molecule has 0 aliphatic rings. The second kappa shape index (κ2) is 14.3. The third kappa shape index (κ3) is 8.69. The zero-order valence-electron chi connectivity index (χ0n) is 21.8. The minimum Gasteiger partial charge on any atom is -0.490 e. The molecule has 3 aromatic carbocycles. The monoisotopic (exact) mass is 532 g/mol. The van der Waals surface area contributed by atoms with Gasteiger partial charge in [0.25, 0.3) is 0 Å². The molecule has 3 rings (SSSR count). The highest BCUT2D eigenvalue weighted by Gasteiger charge is 2.10. The summed E-state index contributed by atoms with van der Waals surface area (Å²) in [4.78, 5) is 23.0. The van der Waals surface area contributed by atoms with Gasteiger partial charge in [0.15, 0.2) is 0 Å². The van der Waals surface area contributed by atoms with E-state index in [1.54, 1.807) is 61.5 Å². The van der Waals surface area contributed by atoms with Crippen LogP contribution in [-0.4, -0.2) is 38.9 Å². The maximum Gasteiger partial charge on any atom is 0.338 e. The zero-order valence-corrected chi connectivity index (χ0v) is 21.8. The van der Waals surface area contributed by atoms with E-state index >= 15 is 0 Å². The van der Waals surface area contributed by atoms with Crippen LogP contribution in [0, 0.1) is 5.82 Å². The standard InChI is InChI=1S/C31H29FO7/c1-21(2)30(33)38-17-15-36-26-10-5-23(6-11-26)25-9-14-28(29(32)19-25)24-7-12-27(13-8-24)37-16-18-39-31(34)22(3)20-35-4/h5-15,17,19H,1,3,16,18,20H2,2,4H3/b17-15-. The molecule has 202 valence electrons. The Balaban J connectivity index is 1.54. The summed E-state index contributed by atoms with van der Waals surface area (Å²) < 4.78 is 40.7. The highest BCUT2D eigenvalue weighted by atomic mass is 19.1. The third-order valence-corrected chi connectivity index (χ3v) is 5.30. The second-order valence-corrected chi connectivity index (χ2v) is 8.34. The van der Waals surface area contributed by atoms with Crippen LogP contribution in [0.1, 0.15) is 6.92 Å². The van der Waals surface area contributed by atoms with E-state index in [0.717, 1.165) is 11.8 Å². The van der Waals surface area contributed by atoms with E-state index in [9.17, 15) is 14.0 Å². The normalized spacial score (nSPS) is 10.6. The van der Waals surface area contributed by atoms with Gasteiger partial charge in [0.1, 0.15) is 43.1 Å². The smallest absolute Gasteiger partial charge is 0.338 e. The van der Waals surface area contributed by atoms with Gasteiger partial charge < -0.3 is 23.7 Å². The summed E-state index contributed by atoms with van der Waals surface area (Å²) in [5.41, 5.74) is 3.17. The number of ether oxygens (including phenoxy) is 5. The maximum atomic E-state index is 15.0. The van der Waals surface area contributed by atoms with E-state index in [-0.39, 0.29) is 36.8 Å². The van der Waals surface area contributed by atoms with Crippen LogP contribution >= 0.6 is 0 Å². The number of benzene rings is 3. The van der Waals surface area contributed by atoms with Crippen LogP contribution in [0.3, 0.4) is 0 Å². The fraction of sp³-hybridized carbons (Fsp3) is 0.161. The first-order valence-electron chi connectivity index (χ1n) is 11.9. The molecule has 7 nitrogen and oxygen atoms in total. The summed E-state index contributed by atoms with van der Waals surface area (Å²) in [6.45, 7) is 8.95. The predicted molar refractivity (Wildman–Crippen MR) is 145 cm³/mol. The Morgan fingerprint density at radius 1 is 0.821 bits per heavy atom. The van der Waals surface area contributed by atoms with E-state index in [1.165, 1.54) is 19.4 Å². The van der Waals surface area contributed by atoms with Gasteiger partial charge in [-0.15, -0.1) is 0 Å². The fourth-order valence-corrected chi connectivity index (χ4v) is 3.31. The van der Waals surface area contributed by atoms with Crippen molar-refractivity contribution in [1.29, 1.82) is 0 Å². The molecule has 0 radical (unpaired) electrons. The second-order valence-electron chi connectivity index (χ2n) is 8.34. The summed E-state index contributed by atoms with van der Waals surface area (Å²) >= 11 is 0. The summed E-state index contributed by atoms with van der Waals surface area (Å²) in [5, 5.41) is 0. The lowest BCUT2D eigenvalue weighted by molar-refractivity contribution is -0.140. The van der Waals surface area contributed by atoms with Gasteiger partial charge in [-0.1, -0.05) is 49.6 Å². The van der Waals surface area contributed by atoms with Gasteiger partial charge in [-0.25, -0.2) is 14.0 Å². The summed E-state index contributed by atoms with van der Waals surface area (Å²) in [6.07, 6.45) is 2.38. The van der Waals surface area contributed by atoms with Crippen LogP contribution in [0.5, 0.6) is 11.5 Å². The van der Waals surface area contributed by atoms with E-state index in [2.05, 4.69) is 13.2 Å². The fourth-order valence-electron chi connectivity index (χ4n) is 3.31. The number of hydrogen-bond donors (Lipinski definition) is 0. The molecule has 0 aromatic heterocycles. The van der Waals surface area contributed by atoms with E-state index in [1.807, 2.05) is 6.07 Å². The van der Waals surface area contributed by atoms with E-state index in [0.29, 0.717) is 28.2 Å². The number of carbonyl (C=O) groups excluding carboxylic acids is 2. The van der Waals surface area contributed by atoms with Gasteiger partial charge in [0, 0.05) is 18.2 Å². The molecule has 0 aliphatic carbocycles. The summed E-state index contributed by atoms with van der Waals surface area (Å²) in [6, 6.07) is 19.0. The molecule has 0 saturated carbocycles. The lowest BCUT2D eigenvalue weighted by Crippen LogP contribution is -2.15. The van der Waals surface area contributed by atoms with Gasteiger partial charge in [0.05, 0.1) is 12.2 Å². The molecule has 0 saturated heterocycles. The quantitative estimate of drug-likeness (QED) is 0.111. The minimum atomic E-state index is -0.541. The maximum absolute atomic E-state index is 15.0. The van der Waals surface area contributed by atoms with Gasteiger partial charge in [-0.3, -0.25) is 0 Å². The molecule has 8 heteroatoms. The Kier molecular flexibility index (Phi) is 10.6. The Morgan fingerprint density at radius 2 is 1.46 bits per heavy atom. The van der Waals surface area contributed by atoms with Crippen LogP contribution in [-0.2, 0) is 23.8 Å². The van der Waals surface area contributed by atoms with Crippen molar-refractivity contribution >= 4 is 11.9 Å². The molecule has 3 aromatic rings. The Morgan fingerprint density at radius 3 is 2.10 bits per heavy atom. The summed E-state index contributed by atoms with van der Waals surface area (Å²) in [5.74, 6) is -0.355. The molecule has 0 fully saturated rings. The van der Waals surface area contributed by atoms with Crippen molar-refractivity contribution in [2.75, 3.05) is 26.9 Å². The topological polar surface area (TPSA) is 80.3 Å². The molecular formula is C31H29FO7. The van der Waals surface area contributed by atoms with E-state index in [4.69, 9.17) is 23.7 Å². The van der Waals surface area contributed by atoms with Crippen LogP contribution in [0.4, 0.5) is 4.39 Å². The van der Waals surface area contributed by atoms with Crippen molar-refractivity contribution in [3.8, 4) is 33.8 Å². The summed E-state index contributed by atoms with van der Waals surface area (Å²) in [7, 11) is 1.47. The SMILES string of the molecule is C=C(C)C(=O)O/C=C\Oc1ccc(-c2ccc(-c3ccc(OCCOC(=O)C(=C)COC)cc3)c(F)c2)cc1. The molecule has 0 amide bonds. The molecule has 39 heavy (non-hydrogen) atoms. The zero-order chi connectivity index (χ0) is 28.2. The van der Waals surface area contributed by atoms with Crippen molar-refractivity contribution in [3.05, 3.63) is 109 Å². The highest BCUT2D eigenvalue weighted by molar-refractivity contribution is 5.88. The van der Waals surface area contributed by atoms with Crippen LogP contribution in [0.25, 0.3) is 22.3 Å². The minimum absolute atomic E-state index is 0.0636. The molecule has 0 bridgehead atoms. The average Bonchev–Trinajstić information content (AvgIpc) is 2.94. The van der Waals surface area contributed by atoms with Crippen LogP contribution in [0.2, 0.25) is 0 Å². The number of hydrogen-bond acceptors (Lipinski definition) is 7. The Bertz CT molecular complexity index is 1340. The molecule has 0 N–H and O–H groups in total. The van der Waals surface area contributed by atoms with Gasteiger partial charge in [-0.05, 0) is 53.9 Å². The Hall–Kier alpha value is -4.69. The van der Waals surface area contributed by atoms with Crippen molar-refractivity contribution < 1.29 is 37.7 Å². The first-order chi connectivity index (χ1) is 18.8. The predicted octanol–water partition coefficient (Wildman–Crippen LogP) is 6.25. The van der Waals surface area contributed by atoms with Gasteiger partial charge >= 0.3 is 11.9 Å². The van der Waals surface area contributed by atoms with E-state index < -0.39 is 11.9 Å². The van der Waals surface area contributed by atoms with Crippen molar-refractivity contribution in [2.24, 2.45) is 0 Å². The first-order valence-corrected chi connectivity index (χ1v) is 11.9. The highest BCUT2D eigenvalue weighted by Crippen LogP contribution is 2.30. The van der Waals surface area contributed by atoms with Crippen LogP contribution in [0.15, 0.2) is 104 Å². The molecule has 0 heterocycles. The number of esters is 2. The lowest BCUT2D eigenvalue weighted by Gasteiger charge is -2.10. The average molecular weight is 533 g/mol. The first kappa shape index (κ1) is 28.9. The molecule has 0 unspecified atom stereocenters. The number of rotatable bonds is 13. The Labute approximate surface area is 226 Å². The molecule has 0 spiro atoms. The van der Waals surface area contributed by atoms with Gasteiger partial charge in [0.2, 0.25) is 0 Å². The molecule has 0 atom stereocenters. The lowest BCUT2D eigenvalue weighted by atomic mass is 9.99. The van der Waals surface area contributed by atoms with Gasteiger partial charge in [-0.2, -0.15) is 0 Å². The number of methoxy groups -OCH3 is 1. The van der Waals surface area contributed by atoms with Crippen molar-refractivity contribution in [2.45, 2.75) is 6.92 Å². The van der Waals surface area contributed by atoms with Crippen LogP contribution < -0.4 is 9.47 Å². The molecular weight excluding hydrogens is 503 g/mol. The largest absolute Gasteiger partial charge is 0.490 e. The third-order valence-electron chi connectivity index (χ3n) is 5.30. The van der Waals surface area contributed by atoms with Crippen molar-refractivity contribution in [1.82, 2.24) is 0 Å². The molecule has 0 aliphatic heterocycles. The number of carbonyl (C=O) groups is 2. The van der Waals surface area contributed by atoms with Crippen molar-refractivity contribution in [3.63, 3.8) is 0 Å². The number of halogens is 1.